The molecule has 0 spiro atoms. The van der Waals surface area contributed by atoms with Crippen molar-refractivity contribution in [2.75, 3.05) is 5.32 Å². The van der Waals surface area contributed by atoms with E-state index < -0.39 is 27.1 Å². The third-order valence-corrected chi connectivity index (χ3v) is 4.24. The van der Waals surface area contributed by atoms with Gasteiger partial charge in [-0.25, -0.2) is 0 Å². The molecule has 1 amide bonds. The number of hydrogen-bond acceptors (Lipinski definition) is 5. The molecule has 1 N–H and O–H groups in total. The van der Waals surface area contributed by atoms with E-state index in [2.05, 4.69) is 5.32 Å². The lowest BCUT2D eigenvalue weighted by molar-refractivity contribution is -0.422. The molecule has 0 fully saturated rings. The molecule has 0 atom stereocenters. The Labute approximate surface area is 156 Å². The minimum atomic E-state index is -0.865. The summed E-state index contributed by atoms with van der Waals surface area (Å²) < 4.78 is 0. The summed E-state index contributed by atoms with van der Waals surface area (Å²) in [5.41, 5.74) is 1.20. The number of amides is 1. The van der Waals surface area contributed by atoms with Gasteiger partial charge in [0.2, 0.25) is 0 Å². The standard InChI is InChI=1S/C19H21N3O5/c1-11(2)14-6-5-7-15(12(3)4)18(14)20-19(23)13-8-9-16(21(24)25)17(10-13)22(26)27/h5-12H,1-4H3,(H,20,23). The van der Waals surface area contributed by atoms with Gasteiger partial charge >= 0.3 is 11.4 Å². The van der Waals surface area contributed by atoms with Gasteiger partial charge in [0, 0.05) is 23.4 Å². The highest BCUT2D eigenvalue weighted by Gasteiger charge is 2.26. The number of anilines is 1. The molecule has 0 aliphatic rings. The van der Waals surface area contributed by atoms with Crippen LogP contribution in [0.5, 0.6) is 0 Å². The van der Waals surface area contributed by atoms with Gasteiger partial charge < -0.3 is 5.32 Å². The lowest BCUT2D eigenvalue weighted by Gasteiger charge is -2.20. The lowest BCUT2D eigenvalue weighted by Crippen LogP contribution is -2.16. The van der Waals surface area contributed by atoms with Crippen molar-refractivity contribution >= 4 is 23.0 Å². The third kappa shape index (κ3) is 4.28. The summed E-state index contributed by atoms with van der Waals surface area (Å²) in [6.45, 7) is 8.02. The van der Waals surface area contributed by atoms with E-state index in [1.165, 1.54) is 6.07 Å². The van der Waals surface area contributed by atoms with E-state index in [0.29, 0.717) is 5.69 Å². The molecule has 0 saturated carbocycles. The van der Waals surface area contributed by atoms with Crippen molar-refractivity contribution in [3.8, 4) is 0 Å². The summed E-state index contributed by atoms with van der Waals surface area (Å²) in [6, 6.07) is 8.89. The largest absolute Gasteiger partial charge is 0.346 e. The summed E-state index contributed by atoms with van der Waals surface area (Å²) in [5.74, 6) is -0.238. The van der Waals surface area contributed by atoms with Crippen LogP contribution in [0, 0.1) is 20.2 Å². The first kappa shape index (κ1) is 20.0. The molecule has 0 aliphatic heterocycles. The van der Waals surface area contributed by atoms with E-state index in [0.717, 1.165) is 23.3 Å². The molecular weight excluding hydrogens is 350 g/mol. The second-order valence-electron chi connectivity index (χ2n) is 6.79. The van der Waals surface area contributed by atoms with Gasteiger partial charge in [-0.2, -0.15) is 0 Å². The van der Waals surface area contributed by atoms with E-state index >= 15 is 0 Å². The Kier molecular flexibility index (Phi) is 5.89. The van der Waals surface area contributed by atoms with Crippen LogP contribution in [0.3, 0.4) is 0 Å². The summed E-state index contributed by atoms with van der Waals surface area (Å²) in [5, 5.41) is 24.9. The minimum absolute atomic E-state index is 0.0134. The van der Waals surface area contributed by atoms with Gasteiger partial charge in [-0.1, -0.05) is 45.9 Å². The van der Waals surface area contributed by atoms with Gasteiger partial charge in [0.25, 0.3) is 5.91 Å². The molecule has 0 bridgehead atoms. The molecular formula is C19H21N3O5. The molecule has 0 saturated heterocycles. The molecule has 0 heterocycles. The lowest BCUT2D eigenvalue weighted by atomic mass is 9.92. The summed E-state index contributed by atoms with van der Waals surface area (Å²) in [7, 11) is 0. The molecule has 142 valence electrons. The van der Waals surface area contributed by atoms with Gasteiger partial charge in [-0.15, -0.1) is 0 Å². The molecule has 2 aromatic rings. The van der Waals surface area contributed by atoms with Crippen LogP contribution in [0.15, 0.2) is 36.4 Å². The SMILES string of the molecule is CC(C)c1cccc(C(C)C)c1NC(=O)c1ccc([N+](=O)[O-])c([N+](=O)[O-])c1. The maximum atomic E-state index is 12.7. The Hall–Kier alpha value is -3.29. The summed E-state index contributed by atoms with van der Waals surface area (Å²) in [4.78, 5) is 33.1. The zero-order valence-corrected chi connectivity index (χ0v) is 15.6. The van der Waals surface area contributed by atoms with E-state index in [1.54, 1.807) is 0 Å². The highest BCUT2D eigenvalue weighted by molar-refractivity contribution is 6.05. The second-order valence-corrected chi connectivity index (χ2v) is 6.79. The van der Waals surface area contributed by atoms with Gasteiger partial charge in [0.05, 0.1) is 9.85 Å². The quantitative estimate of drug-likeness (QED) is 0.566. The van der Waals surface area contributed by atoms with E-state index in [4.69, 9.17) is 0 Å². The van der Waals surface area contributed by atoms with Crippen LogP contribution in [-0.2, 0) is 0 Å². The monoisotopic (exact) mass is 371 g/mol. The van der Waals surface area contributed by atoms with Crippen molar-refractivity contribution in [2.45, 2.75) is 39.5 Å². The average molecular weight is 371 g/mol. The van der Waals surface area contributed by atoms with Crippen LogP contribution in [0.2, 0.25) is 0 Å². The molecule has 8 nitrogen and oxygen atoms in total. The Morgan fingerprint density at radius 1 is 0.889 bits per heavy atom. The fourth-order valence-corrected chi connectivity index (χ4v) is 2.85. The van der Waals surface area contributed by atoms with Crippen LogP contribution in [0.25, 0.3) is 0 Å². The second kappa shape index (κ2) is 7.94. The number of nitro benzene ring substituents is 2. The number of benzene rings is 2. The number of nitro groups is 2. The smallest absolute Gasteiger partial charge is 0.321 e. The minimum Gasteiger partial charge on any atom is -0.321 e. The fourth-order valence-electron chi connectivity index (χ4n) is 2.85. The van der Waals surface area contributed by atoms with Crippen molar-refractivity contribution < 1.29 is 14.6 Å². The van der Waals surface area contributed by atoms with Crippen molar-refractivity contribution in [1.82, 2.24) is 0 Å². The highest BCUT2D eigenvalue weighted by Crippen LogP contribution is 2.33. The molecule has 27 heavy (non-hydrogen) atoms. The summed E-state index contributed by atoms with van der Waals surface area (Å²) in [6.07, 6.45) is 0. The highest BCUT2D eigenvalue weighted by atomic mass is 16.6. The first-order chi connectivity index (χ1) is 12.6. The Balaban J connectivity index is 2.48. The first-order valence-corrected chi connectivity index (χ1v) is 8.50. The zero-order chi connectivity index (χ0) is 20.3. The Morgan fingerprint density at radius 3 is 1.85 bits per heavy atom. The first-order valence-electron chi connectivity index (χ1n) is 8.50. The molecule has 2 aromatic carbocycles. The number of hydrogen-bond donors (Lipinski definition) is 1. The van der Waals surface area contributed by atoms with Crippen LogP contribution < -0.4 is 5.32 Å². The number of nitrogens with one attached hydrogen (secondary N) is 1. The van der Waals surface area contributed by atoms with E-state index in [1.807, 2.05) is 45.9 Å². The van der Waals surface area contributed by atoms with Crippen molar-refractivity contribution in [3.05, 3.63) is 73.3 Å². The summed E-state index contributed by atoms with van der Waals surface area (Å²) >= 11 is 0. The molecule has 0 aromatic heterocycles. The van der Waals surface area contributed by atoms with E-state index in [9.17, 15) is 25.0 Å². The van der Waals surface area contributed by atoms with Gasteiger partial charge in [-0.3, -0.25) is 25.0 Å². The van der Waals surface area contributed by atoms with Gasteiger partial charge in [-0.05, 0) is 29.0 Å². The molecule has 0 radical (unpaired) electrons. The van der Waals surface area contributed by atoms with Crippen molar-refractivity contribution in [1.29, 1.82) is 0 Å². The van der Waals surface area contributed by atoms with Crippen LogP contribution in [0.4, 0.5) is 17.1 Å². The normalized spacial score (nSPS) is 10.9. The van der Waals surface area contributed by atoms with Crippen LogP contribution >= 0.6 is 0 Å². The number of para-hydroxylation sites is 1. The number of carbonyl (C=O) groups excluding carboxylic acids is 1. The third-order valence-electron chi connectivity index (χ3n) is 4.24. The van der Waals surface area contributed by atoms with E-state index in [-0.39, 0.29) is 17.4 Å². The molecule has 2 rings (SSSR count). The molecule has 0 aliphatic carbocycles. The van der Waals surface area contributed by atoms with Crippen molar-refractivity contribution in [2.24, 2.45) is 0 Å². The molecule has 0 unspecified atom stereocenters. The number of rotatable bonds is 6. The number of carbonyl (C=O) groups is 1. The van der Waals surface area contributed by atoms with Crippen LogP contribution in [0.1, 0.15) is 61.0 Å². The zero-order valence-electron chi connectivity index (χ0n) is 15.6. The van der Waals surface area contributed by atoms with Gasteiger partial charge in [0.15, 0.2) is 0 Å². The van der Waals surface area contributed by atoms with Crippen molar-refractivity contribution in [3.63, 3.8) is 0 Å². The van der Waals surface area contributed by atoms with Crippen LogP contribution in [-0.4, -0.2) is 15.8 Å². The number of nitrogens with zero attached hydrogens (tertiary/aromatic N) is 2. The maximum absolute atomic E-state index is 12.7. The Morgan fingerprint density at radius 2 is 1.41 bits per heavy atom. The predicted molar refractivity (Wildman–Crippen MR) is 102 cm³/mol. The molecule has 8 heteroatoms. The topological polar surface area (TPSA) is 115 Å². The van der Waals surface area contributed by atoms with Gasteiger partial charge in [0.1, 0.15) is 0 Å². The Bertz CT molecular complexity index is 880. The predicted octanol–water partition coefficient (Wildman–Crippen LogP) is 5.00. The fraction of sp³-hybridized carbons (Fsp3) is 0.316. The average Bonchev–Trinajstić information content (AvgIpc) is 2.60. The maximum Gasteiger partial charge on any atom is 0.346 e.